The maximum atomic E-state index is 9.14. The molecule has 18 heavy (non-hydrogen) atoms. The van der Waals surface area contributed by atoms with E-state index < -0.39 is 0 Å². The van der Waals surface area contributed by atoms with Gasteiger partial charge < -0.3 is 19.3 Å². The van der Waals surface area contributed by atoms with E-state index in [1.54, 1.807) is 0 Å². The average molecular weight is 256 g/mol. The maximum Gasteiger partial charge on any atom is 0.171 e. The Morgan fingerprint density at radius 3 is 2.17 bits per heavy atom. The molecule has 0 aromatic heterocycles. The average Bonchev–Trinajstić information content (AvgIpc) is 3.16. The van der Waals surface area contributed by atoms with Crippen molar-refractivity contribution in [3.05, 3.63) is 0 Å². The van der Waals surface area contributed by atoms with E-state index in [1.165, 1.54) is 19.3 Å². The van der Waals surface area contributed by atoms with E-state index in [-0.39, 0.29) is 5.79 Å². The molecule has 0 amide bonds. The van der Waals surface area contributed by atoms with Crippen molar-refractivity contribution in [2.24, 2.45) is 17.8 Å². The molecule has 0 aromatic carbocycles. The van der Waals surface area contributed by atoms with Gasteiger partial charge in [0, 0.05) is 32.2 Å². The van der Waals surface area contributed by atoms with Crippen LogP contribution in [0, 0.1) is 17.8 Å². The second-order valence-electron chi connectivity index (χ2n) is 5.90. The van der Waals surface area contributed by atoms with Gasteiger partial charge in [0.2, 0.25) is 0 Å². The van der Waals surface area contributed by atoms with Crippen molar-refractivity contribution in [2.45, 2.75) is 37.9 Å². The fourth-order valence-electron chi connectivity index (χ4n) is 3.91. The molecule has 4 heteroatoms. The Morgan fingerprint density at radius 2 is 1.72 bits per heavy atom. The molecule has 0 aromatic rings. The monoisotopic (exact) mass is 256 g/mol. The molecule has 1 unspecified atom stereocenters. The van der Waals surface area contributed by atoms with Crippen LogP contribution >= 0.6 is 0 Å². The van der Waals surface area contributed by atoms with Crippen LogP contribution in [0.1, 0.15) is 32.1 Å². The molecule has 2 aliphatic heterocycles. The predicted molar refractivity (Wildman–Crippen MR) is 66.1 cm³/mol. The SMILES string of the molecule is C1CCOC1.OCC1C[C@H]2C[C@H]1CC21OCCO1. The molecule has 4 rings (SSSR count). The first-order chi connectivity index (χ1) is 8.84. The first-order valence-corrected chi connectivity index (χ1v) is 7.30. The van der Waals surface area contributed by atoms with Crippen molar-refractivity contribution in [3.8, 4) is 0 Å². The first kappa shape index (κ1) is 12.9. The highest BCUT2D eigenvalue weighted by Crippen LogP contribution is 2.56. The van der Waals surface area contributed by atoms with Crippen LogP contribution in [0.3, 0.4) is 0 Å². The molecule has 2 heterocycles. The molecule has 2 saturated heterocycles. The molecule has 4 fully saturated rings. The number of hydrogen-bond donors (Lipinski definition) is 1. The number of rotatable bonds is 1. The van der Waals surface area contributed by atoms with Crippen molar-refractivity contribution >= 4 is 0 Å². The minimum Gasteiger partial charge on any atom is -0.396 e. The quantitative estimate of drug-likeness (QED) is 0.773. The van der Waals surface area contributed by atoms with Gasteiger partial charge in [0.1, 0.15) is 0 Å². The lowest BCUT2D eigenvalue weighted by molar-refractivity contribution is -0.196. The minimum absolute atomic E-state index is 0.226. The minimum atomic E-state index is -0.226. The van der Waals surface area contributed by atoms with Crippen molar-refractivity contribution in [1.82, 2.24) is 0 Å². The Balaban J connectivity index is 0.000000169. The van der Waals surface area contributed by atoms with E-state index in [4.69, 9.17) is 19.3 Å². The molecule has 4 nitrogen and oxygen atoms in total. The van der Waals surface area contributed by atoms with Crippen LogP contribution in [-0.2, 0) is 14.2 Å². The zero-order chi connectivity index (χ0) is 12.4. The number of hydrogen-bond acceptors (Lipinski definition) is 4. The van der Waals surface area contributed by atoms with E-state index in [0.717, 1.165) is 39.3 Å². The number of aliphatic hydroxyl groups is 1. The van der Waals surface area contributed by atoms with E-state index in [2.05, 4.69) is 0 Å². The Hall–Kier alpha value is -0.160. The Kier molecular flexibility index (Phi) is 3.89. The van der Waals surface area contributed by atoms with Gasteiger partial charge in [0.15, 0.2) is 5.79 Å². The first-order valence-electron chi connectivity index (χ1n) is 7.30. The van der Waals surface area contributed by atoms with Crippen molar-refractivity contribution in [3.63, 3.8) is 0 Å². The fourth-order valence-corrected chi connectivity index (χ4v) is 3.91. The molecular formula is C14H24O4. The van der Waals surface area contributed by atoms with Crippen LogP contribution in [0.15, 0.2) is 0 Å². The third-order valence-corrected chi connectivity index (χ3v) is 4.85. The van der Waals surface area contributed by atoms with Crippen LogP contribution in [0.5, 0.6) is 0 Å². The smallest absolute Gasteiger partial charge is 0.171 e. The lowest BCUT2D eigenvalue weighted by Crippen LogP contribution is -2.39. The summed E-state index contributed by atoms with van der Waals surface area (Å²) in [6, 6.07) is 0. The van der Waals surface area contributed by atoms with Crippen molar-refractivity contribution in [2.75, 3.05) is 33.0 Å². The Morgan fingerprint density at radius 1 is 1.00 bits per heavy atom. The summed E-state index contributed by atoms with van der Waals surface area (Å²) in [4.78, 5) is 0. The molecule has 2 bridgehead atoms. The van der Waals surface area contributed by atoms with Gasteiger partial charge in [-0.2, -0.15) is 0 Å². The summed E-state index contributed by atoms with van der Waals surface area (Å²) in [7, 11) is 0. The van der Waals surface area contributed by atoms with Gasteiger partial charge in [-0.1, -0.05) is 0 Å². The highest BCUT2D eigenvalue weighted by molar-refractivity contribution is 5.01. The van der Waals surface area contributed by atoms with Crippen LogP contribution in [-0.4, -0.2) is 43.9 Å². The maximum absolute atomic E-state index is 9.14. The van der Waals surface area contributed by atoms with Crippen LogP contribution in [0.2, 0.25) is 0 Å². The zero-order valence-electron chi connectivity index (χ0n) is 11.0. The largest absolute Gasteiger partial charge is 0.396 e. The summed E-state index contributed by atoms with van der Waals surface area (Å²) in [5.41, 5.74) is 0. The fraction of sp³-hybridized carbons (Fsp3) is 1.00. The van der Waals surface area contributed by atoms with Gasteiger partial charge in [0.05, 0.1) is 13.2 Å². The number of aliphatic hydroxyl groups excluding tert-OH is 1. The van der Waals surface area contributed by atoms with Crippen LogP contribution in [0.25, 0.3) is 0 Å². The Labute approximate surface area is 109 Å². The summed E-state index contributed by atoms with van der Waals surface area (Å²) < 4.78 is 16.4. The molecule has 3 atom stereocenters. The molecule has 4 aliphatic rings. The third-order valence-electron chi connectivity index (χ3n) is 4.85. The van der Waals surface area contributed by atoms with E-state index in [0.29, 0.717) is 24.4 Å². The van der Waals surface area contributed by atoms with Gasteiger partial charge in [-0.15, -0.1) is 0 Å². The predicted octanol–water partition coefficient (Wildman–Crippen LogP) is 1.56. The lowest BCUT2D eigenvalue weighted by Gasteiger charge is -2.34. The second kappa shape index (κ2) is 5.45. The highest BCUT2D eigenvalue weighted by atomic mass is 16.7. The summed E-state index contributed by atoms with van der Waals surface area (Å²) in [6.45, 7) is 3.86. The van der Waals surface area contributed by atoms with Gasteiger partial charge >= 0.3 is 0 Å². The lowest BCUT2D eigenvalue weighted by atomic mass is 9.85. The number of ether oxygens (including phenoxy) is 3. The zero-order valence-corrected chi connectivity index (χ0v) is 11.0. The topological polar surface area (TPSA) is 47.9 Å². The van der Waals surface area contributed by atoms with Crippen molar-refractivity contribution < 1.29 is 19.3 Å². The van der Waals surface area contributed by atoms with Crippen LogP contribution in [0.4, 0.5) is 0 Å². The molecule has 1 spiro atoms. The molecule has 104 valence electrons. The molecule has 2 aliphatic carbocycles. The molecule has 2 saturated carbocycles. The summed E-state index contributed by atoms with van der Waals surface area (Å²) in [6.07, 6.45) is 5.87. The second-order valence-corrected chi connectivity index (χ2v) is 5.90. The van der Waals surface area contributed by atoms with Crippen LogP contribution < -0.4 is 0 Å². The van der Waals surface area contributed by atoms with Gasteiger partial charge in [0.25, 0.3) is 0 Å². The van der Waals surface area contributed by atoms with Gasteiger partial charge in [-0.3, -0.25) is 0 Å². The summed E-state index contributed by atoms with van der Waals surface area (Å²) >= 11 is 0. The normalized spacial score (nSPS) is 40.2. The molecular weight excluding hydrogens is 232 g/mol. The van der Waals surface area contributed by atoms with Gasteiger partial charge in [-0.25, -0.2) is 0 Å². The van der Waals surface area contributed by atoms with E-state index in [1.807, 2.05) is 0 Å². The summed E-state index contributed by atoms with van der Waals surface area (Å²) in [5, 5.41) is 9.14. The van der Waals surface area contributed by atoms with Gasteiger partial charge in [-0.05, 0) is 37.5 Å². The third kappa shape index (κ3) is 2.31. The van der Waals surface area contributed by atoms with E-state index >= 15 is 0 Å². The standard InChI is InChI=1S/C10H16O3.C4H8O/c11-6-8-4-9-3-7(8)5-10(9)12-1-2-13-10;1-2-4-5-3-1/h7-9,11H,1-6H2;1-4H2/t7-,8?,9+;/m0./s1. The molecule has 1 N–H and O–H groups in total. The van der Waals surface area contributed by atoms with Crippen molar-refractivity contribution in [1.29, 1.82) is 0 Å². The molecule has 0 radical (unpaired) electrons. The number of fused-ring (bicyclic) bond motifs is 3. The highest BCUT2D eigenvalue weighted by Gasteiger charge is 2.58. The Bertz CT molecular complexity index is 263. The summed E-state index contributed by atoms with van der Waals surface area (Å²) in [5.74, 6) is 1.49. The van der Waals surface area contributed by atoms with E-state index in [9.17, 15) is 0 Å².